The van der Waals surface area contributed by atoms with Crippen LogP contribution < -0.4 is 4.90 Å². The SMILES string of the molecule is O=C(/C=C/c1ccc(-c2cc(Cl)cc(Cl)c2)o1)N1CCN(c2ccc(C(F)(F)F)cc2[N+](=O)[O-])CC1. The molecule has 0 atom stereocenters. The molecular formula is C24H18Cl2F3N3O4. The molecule has 0 saturated carbocycles. The molecule has 7 nitrogen and oxygen atoms in total. The summed E-state index contributed by atoms with van der Waals surface area (Å²) in [5.41, 5.74) is -0.942. The van der Waals surface area contributed by atoms with Gasteiger partial charge in [-0.25, -0.2) is 0 Å². The van der Waals surface area contributed by atoms with Gasteiger partial charge in [0.25, 0.3) is 5.69 Å². The van der Waals surface area contributed by atoms with Crippen molar-refractivity contribution in [3.63, 3.8) is 0 Å². The highest BCUT2D eigenvalue weighted by atomic mass is 35.5. The van der Waals surface area contributed by atoms with E-state index < -0.39 is 22.4 Å². The first-order chi connectivity index (χ1) is 17.0. The molecule has 1 saturated heterocycles. The van der Waals surface area contributed by atoms with Gasteiger partial charge in [-0.1, -0.05) is 23.2 Å². The van der Waals surface area contributed by atoms with Crippen LogP contribution in [0.1, 0.15) is 11.3 Å². The number of nitro groups is 1. The van der Waals surface area contributed by atoms with E-state index in [-0.39, 0.29) is 37.8 Å². The van der Waals surface area contributed by atoms with Crippen LogP contribution in [0.5, 0.6) is 0 Å². The number of hydrogen-bond acceptors (Lipinski definition) is 5. The Labute approximate surface area is 213 Å². The average molecular weight is 540 g/mol. The van der Waals surface area contributed by atoms with Crippen molar-refractivity contribution in [2.75, 3.05) is 31.1 Å². The minimum atomic E-state index is -4.68. The minimum absolute atomic E-state index is 0.0832. The molecule has 0 aliphatic carbocycles. The summed E-state index contributed by atoms with van der Waals surface area (Å²) in [6.45, 7) is 0.940. The molecule has 0 bridgehead atoms. The van der Waals surface area contributed by atoms with Gasteiger partial charge in [0.15, 0.2) is 0 Å². The Kier molecular flexibility index (Phi) is 7.28. The number of alkyl halides is 3. The predicted molar refractivity (Wildman–Crippen MR) is 130 cm³/mol. The van der Waals surface area contributed by atoms with Crippen molar-refractivity contribution < 1.29 is 27.3 Å². The van der Waals surface area contributed by atoms with Gasteiger partial charge in [0.1, 0.15) is 17.2 Å². The van der Waals surface area contributed by atoms with Crippen LogP contribution in [0.3, 0.4) is 0 Å². The Morgan fingerprint density at radius 3 is 2.28 bits per heavy atom. The monoisotopic (exact) mass is 539 g/mol. The topological polar surface area (TPSA) is 79.8 Å². The lowest BCUT2D eigenvalue weighted by molar-refractivity contribution is -0.384. The molecule has 12 heteroatoms. The number of furan rings is 1. The van der Waals surface area contributed by atoms with Crippen LogP contribution in [0, 0.1) is 10.1 Å². The molecule has 1 fully saturated rings. The molecule has 1 aliphatic heterocycles. The van der Waals surface area contributed by atoms with Gasteiger partial charge < -0.3 is 14.2 Å². The van der Waals surface area contributed by atoms with E-state index in [0.717, 1.165) is 12.1 Å². The van der Waals surface area contributed by atoms with Crippen molar-refractivity contribution in [3.05, 3.63) is 86.1 Å². The predicted octanol–water partition coefficient (Wildman–Crippen LogP) is 6.54. The van der Waals surface area contributed by atoms with E-state index >= 15 is 0 Å². The zero-order valence-corrected chi connectivity index (χ0v) is 20.0. The summed E-state index contributed by atoms with van der Waals surface area (Å²) < 4.78 is 44.6. The molecular weight excluding hydrogens is 522 g/mol. The lowest BCUT2D eigenvalue weighted by Gasteiger charge is -2.35. The molecule has 0 radical (unpaired) electrons. The van der Waals surface area contributed by atoms with Gasteiger partial charge in [-0.05, 0) is 48.5 Å². The summed E-state index contributed by atoms with van der Waals surface area (Å²) in [7, 11) is 0. The fourth-order valence-corrected chi connectivity index (χ4v) is 4.36. The number of anilines is 1. The molecule has 36 heavy (non-hydrogen) atoms. The highest BCUT2D eigenvalue weighted by Crippen LogP contribution is 2.37. The number of amides is 1. The second-order valence-electron chi connectivity index (χ2n) is 7.96. The molecule has 1 aromatic heterocycles. The maximum absolute atomic E-state index is 13.0. The van der Waals surface area contributed by atoms with E-state index in [4.69, 9.17) is 27.6 Å². The number of carbonyl (C=O) groups is 1. The van der Waals surface area contributed by atoms with E-state index in [9.17, 15) is 28.1 Å². The molecule has 2 heterocycles. The number of nitro benzene ring substituents is 1. The second-order valence-corrected chi connectivity index (χ2v) is 8.84. The number of piperazine rings is 1. The summed E-state index contributed by atoms with van der Waals surface area (Å²) >= 11 is 12.0. The van der Waals surface area contributed by atoms with E-state index in [1.54, 1.807) is 40.1 Å². The van der Waals surface area contributed by atoms with Crippen LogP contribution in [0.2, 0.25) is 10.0 Å². The van der Waals surface area contributed by atoms with E-state index in [1.807, 2.05) is 0 Å². The Morgan fingerprint density at radius 1 is 1.00 bits per heavy atom. The lowest BCUT2D eigenvalue weighted by atomic mass is 10.1. The summed E-state index contributed by atoms with van der Waals surface area (Å²) in [4.78, 5) is 26.3. The molecule has 188 valence electrons. The highest BCUT2D eigenvalue weighted by Gasteiger charge is 2.34. The average Bonchev–Trinajstić information content (AvgIpc) is 3.30. The Morgan fingerprint density at radius 2 is 1.67 bits per heavy atom. The molecule has 3 aromatic rings. The minimum Gasteiger partial charge on any atom is -0.457 e. The first-order valence-corrected chi connectivity index (χ1v) is 11.4. The van der Waals surface area contributed by atoms with Crippen LogP contribution in [-0.4, -0.2) is 41.9 Å². The molecule has 4 rings (SSSR count). The molecule has 2 aromatic carbocycles. The smallest absolute Gasteiger partial charge is 0.416 e. The van der Waals surface area contributed by atoms with Crippen LogP contribution in [0.15, 0.2) is 59.0 Å². The van der Waals surface area contributed by atoms with Gasteiger partial charge in [0.2, 0.25) is 5.91 Å². The molecule has 0 unspecified atom stereocenters. The zero-order valence-electron chi connectivity index (χ0n) is 18.5. The summed E-state index contributed by atoms with van der Waals surface area (Å²) in [5, 5.41) is 12.3. The van der Waals surface area contributed by atoms with Gasteiger partial charge in [0.05, 0.1) is 10.5 Å². The fourth-order valence-electron chi connectivity index (χ4n) is 3.83. The van der Waals surface area contributed by atoms with E-state index in [2.05, 4.69) is 0 Å². The Hall–Kier alpha value is -3.50. The summed E-state index contributed by atoms with van der Waals surface area (Å²) in [6.07, 6.45) is -1.81. The van der Waals surface area contributed by atoms with Gasteiger partial charge >= 0.3 is 6.18 Å². The maximum atomic E-state index is 13.0. The van der Waals surface area contributed by atoms with Crippen LogP contribution in [0.4, 0.5) is 24.5 Å². The molecule has 1 amide bonds. The normalized spacial score (nSPS) is 14.5. The number of nitrogens with zero attached hydrogens (tertiary/aromatic N) is 3. The third-order valence-corrected chi connectivity index (χ3v) is 6.03. The number of rotatable bonds is 5. The lowest BCUT2D eigenvalue weighted by Crippen LogP contribution is -2.48. The van der Waals surface area contributed by atoms with Crippen molar-refractivity contribution >= 4 is 46.6 Å². The van der Waals surface area contributed by atoms with E-state index in [0.29, 0.717) is 33.2 Å². The third-order valence-electron chi connectivity index (χ3n) is 5.60. The molecule has 1 aliphatic rings. The number of halogens is 5. The van der Waals surface area contributed by atoms with Crippen molar-refractivity contribution in [1.29, 1.82) is 0 Å². The van der Waals surface area contributed by atoms with Gasteiger partial charge in [-0.15, -0.1) is 0 Å². The number of benzene rings is 2. The zero-order chi connectivity index (χ0) is 26.0. The van der Waals surface area contributed by atoms with Gasteiger partial charge in [0, 0.05) is 53.9 Å². The standard InChI is InChI=1S/C24H18Cl2F3N3O4/c25-17-11-15(12-18(26)14-17)22-5-2-19(36-22)3-6-23(33)31-9-7-30(8-10-31)20-4-1-16(24(27,28)29)13-21(20)32(34)35/h1-6,11-14H,7-10H2/b6-3+. The van der Waals surface area contributed by atoms with Crippen molar-refractivity contribution in [2.24, 2.45) is 0 Å². The first-order valence-electron chi connectivity index (χ1n) is 10.6. The van der Waals surface area contributed by atoms with Crippen LogP contribution >= 0.6 is 23.2 Å². The van der Waals surface area contributed by atoms with Gasteiger partial charge in [-0.3, -0.25) is 14.9 Å². The van der Waals surface area contributed by atoms with Crippen molar-refractivity contribution in [1.82, 2.24) is 4.90 Å². The molecule has 0 spiro atoms. The highest BCUT2D eigenvalue weighted by molar-refractivity contribution is 6.35. The summed E-state index contributed by atoms with van der Waals surface area (Å²) in [5.74, 6) is 0.673. The third kappa shape index (κ3) is 5.83. The first kappa shape index (κ1) is 25.6. The largest absolute Gasteiger partial charge is 0.457 e. The summed E-state index contributed by atoms with van der Waals surface area (Å²) in [6, 6.07) is 10.9. The Bertz CT molecular complexity index is 1310. The van der Waals surface area contributed by atoms with Crippen LogP contribution in [0.25, 0.3) is 17.4 Å². The van der Waals surface area contributed by atoms with Crippen LogP contribution in [-0.2, 0) is 11.0 Å². The number of carbonyl (C=O) groups excluding carboxylic acids is 1. The second kappa shape index (κ2) is 10.2. The van der Waals surface area contributed by atoms with E-state index in [1.165, 1.54) is 12.2 Å². The van der Waals surface area contributed by atoms with Crippen molar-refractivity contribution in [2.45, 2.75) is 6.18 Å². The quantitative estimate of drug-likeness (QED) is 0.209. The fraction of sp³-hybridized carbons (Fsp3) is 0.208. The van der Waals surface area contributed by atoms with Crippen molar-refractivity contribution in [3.8, 4) is 11.3 Å². The molecule has 0 N–H and O–H groups in total. The number of hydrogen-bond donors (Lipinski definition) is 0. The Balaban J connectivity index is 1.40. The van der Waals surface area contributed by atoms with Gasteiger partial charge in [-0.2, -0.15) is 13.2 Å². The maximum Gasteiger partial charge on any atom is 0.416 e.